The number of rotatable bonds is 2. The Kier molecular flexibility index (Phi) is 3.35. The van der Waals surface area contributed by atoms with Gasteiger partial charge in [0.15, 0.2) is 5.65 Å². The lowest BCUT2D eigenvalue weighted by molar-refractivity contribution is 0.729. The molecule has 1 aliphatic heterocycles. The van der Waals surface area contributed by atoms with Crippen LogP contribution in [-0.4, -0.2) is 27.7 Å². The van der Waals surface area contributed by atoms with Gasteiger partial charge in [-0.2, -0.15) is 5.26 Å². The van der Waals surface area contributed by atoms with Gasteiger partial charge >= 0.3 is 0 Å². The lowest BCUT2D eigenvalue weighted by Crippen LogP contribution is -2.26. The minimum Gasteiger partial charge on any atom is -0.313 e. The van der Waals surface area contributed by atoms with E-state index < -0.39 is 0 Å². The van der Waals surface area contributed by atoms with Gasteiger partial charge in [0, 0.05) is 18.3 Å². The summed E-state index contributed by atoms with van der Waals surface area (Å²) in [7, 11) is 0. The van der Waals surface area contributed by atoms with E-state index in [2.05, 4.69) is 27.5 Å². The van der Waals surface area contributed by atoms with Crippen LogP contribution in [0.5, 0.6) is 0 Å². The van der Waals surface area contributed by atoms with Crippen molar-refractivity contribution in [1.29, 1.82) is 5.26 Å². The van der Waals surface area contributed by atoms with Crippen LogP contribution in [0, 0.1) is 11.3 Å². The molecule has 108 valence electrons. The van der Waals surface area contributed by atoms with Gasteiger partial charge in [0.1, 0.15) is 11.6 Å². The highest BCUT2D eigenvalue weighted by molar-refractivity contribution is 5.69. The average molecular weight is 283 g/mol. The average Bonchev–Trinajstić information content (AvgIpc) is 2.91. The summed E-state index contributed by atoms with van der Waals surface area (Å²) in [5, 5.41) is 15.2. The van der Waals surface area contributed by atoms with Crippen LogP contribution in [0.1, 0.15) is 43.0 Å². The molecule has 21 heavy (non-hydrogen) atoms. The molecule has 0 fully saturated rings. The van der Waals surface area contributed by atoms with Gasteiger partial charge in [-0.1, -0.05) is 19.9 Å². The van der Waals surface area contributed by atoms with Crippen molar-refractivity contribution < 1.29 is 0 Å². The lowest BCUT2D eigenvalue weighted by Gasteiger charge is -2.18. The van der Waals surface area contributed by atoms with Crippen LogP contribution >= 0.6 is 0 Å². The first-order chi connectivity index (χ1) is 10.1. The zero-order valence-corrected chi connectivity index (χ0v) is 12.1. The lowest BCUT2D eigenvalue weighted by atomic mass is 9.95. The second kappa shape index (κ2) is 5.19. The summed E-state index contributed by atoms with van der Waals surface area (Å²) in [6.45, 7) is 5.64. The van der Waals surface area contributed by atoms with Crippen LogP contribution < -0.4 is 10.9 Å². The third kappa shape index (κ3) is 2.16. The highest BCUT2D eigenvalue weighted by atomic mass is 16.1. The Bertz CT molecular complexity index is 819. The second-order valence-corrected chi connectivity index (χ2v) is 5.48. The maximum atomic E-state index is 12.7. The Morgan fingerprint density at radius 2 is 2.29 bits per heavy atom. The Labute approximate surface area is 122 Å². The summed E-state index contributed by atoms with van der Waals surface area (Å²) in [5.41, 5.74) is 3.20. The number of fused-ring (bicyclic) bond motifs is 1. The van der Waals surface area contributed by atoms with Crippen LogP contribution in [0.3, 0.4) is 0 Å². The predicted molar refractivity (Wildman–Crippen MR) is 80.1 cm³/mol. The summed E-state index contributed by atoms with van der Waals surface area (Å²) < 4.78 is 1.36. The molecule has 0 spiro atoms. The van der Waals surface area contributed by atoms with Gasteiger partial charge in [-0.15, -0.1) is 0 Å². The number of nitrogens with zero attached hydrogens (tertiary/aromatic N) is 3. The van der Waals surface area contributed by atoms with Gasteiger partial charge in [0.25, 0.3) is 5.56 Å². The summed E-state index contributed by atoms with van der Waals surface area (Å²) in [4.78, 5) is 17.3. The van der Waals surface area contributed by atoms with Crippen LogP contribution in [0.2, 0.25) is 0 Å². The van der Waals surface area contributed by atoms with Crippen molar-refractivity contribution in [1.82, 2.24) is 19.9 Å². The number of hydrogen-bond donors (Lipinski definition) is 2. The molecule has 0 bridgehead atoms. The normalized spacial score (nSPS) is 15.2. The molecule has 2 aromatic heterocycles. The number of aromatic amines is 1. The molecule has 0 unspecified atom stereocenters. The molecule has 0 radical (unpaired) electrons. The predicted octanol–water partition coefficient (Wildman–Crippen LogP) is 1.39. The summed E-state index contributed by atoms with van der Waals surface area (Å²) >= 11 is 0. The van der Waals surface area contributed by atoms with Crippen molar-refractivity contribution in [3.8, 4) is 6.07 Å². The molecule has 6 nitrogen and oxygen atoms in total. The third-order valence-corrected chi connectivity index (χ3v) is 3.76. The van der Waals surface area contributed by atoms with E-state index in [0.717, 1.165) is 30.8 Å². The monoisotopic (exact) mass is 283 g/mol. The van der Waals surface area contributed by atoms with Gasteiger partial charge < -0.3 is 5.32 Å². The molecule has 0 aliphatic carbocycles. The number of H-pyrrole nitrogens is 1. The molecule has 2 aromatic rings. The third-order valence-electron chi connectivity index (χ3n) is 3.76. The van der Waals surface area contributed by atoms with E-state index >= 15 is 0 Å². The van der Waals surface area contributed by atoms with Gasteiger partial charge in [0.2, 0.25) is 0 Å². The van der Waals surface area contributed by atoms with Gasteiger partial charge in [0.05, 0.1) is 5.69 Å². The number of hydrogen-bond acceptors (Lipinski definition) is 4. The first kappa shape index (κ1) is 13.6. The Morgan fingerprint density at radius 1 is 1.48 bits per heavy atom. The quantitative estimate of drug-likeness (QED) is 0.872. The highest BCUT2D eigenvalue weighted by Crippen LogP contribution is 2.25. The maximum absolute atomic E-state index is 12.7. The zero-order chi connectivity index (χ0) is 15.0. The molecule has 1 aliphatic rings. The largest absolute Gasteiger partial charge is 0.313 e. The van der Waals surface area contributed by atoms with E-state index in [0.29, 0.717) is 16.8 Å². The Hall–Kier alpha value is -2.39. The number of aromatic nitrogens is 3. The molecule has 0 saturated carbocycles. The summed E-state index contributed by atoms with van der Waals surface area (Å²) in [6.07, 6.45) is 4.44. The number of nitriles is 1. The van der Waals surface area contributed by atoms with Crippen LogP contribution in [0.15, 0.2) is 17.1 Å². The van der Waals surface area contributed by atoms with Crippen LogP contribution in [0.4, 0.5) is 0 Å². The SMILES string of the molecule is CC(C)c1c(C2=CCNCC2)nc2c(C#N)c[nH]n2c1=O. The first-order valence-corrected chi connectivity index (χ1v) is 7.07. The van der Waals surface area contributed by atoms with Crippen LogP contribution in [0.25, 0.3) is 11.2 Å². The minimum absolute atomic E-state index is 0.0709. The smallest absolute Gasteiger partial charge is 0.276 e. The highest BCUT2D eigenvalue weighted by Gasteiger charge is 2.21. The van der Waals surface area contributed by atoms with Crippen molar-refractivity contribution in [2.45, 2.75) is 26.2 Å². The van der Waals surface area contributed by atoms with E-state index in [-0.39, 0.29) is 11.5 Å². The van der Waals surface area contributed by atoms with Crippen molar-refractivity contribution in [2.24, 2.45) is 0 Å². The fourth-order valence-electron chi connectivity index (χ4n) is 2.71. The molecular formula is C15H17N5O. The Morgan fingerprint density at radius 3 is 2.90 bits per heavy atom. The molecule has 2 N–H and O–H groups in total. The molecule has 0 aromatic carbocycles. The van der Waals surface area contributed by atoms with E-state index in [1.807, 2.05) is 13.8 Å². The zero-order valence-electron chi connectivity index (χ0n) is 12.1. The number of nitrogens with one attached hydrogen (secondary N) is 2. The first-order valence-electron chi connectivity index (χ1n) is 7.07. The molecule has 6 heteroatoms. The fraction of sp³-hybridized carbons (Fsp3) is 0.400. The maximum Gasteiger partial charge on any atom is 0.276 e. The van der Waals surface area contributed by atoms with Gasteiger partial charge in [-0.25, -0.2) is 9.50 Å². The standard InChI is InChI=1S/C15H17N5O/c1-9(2)12-13(10-3-5-17-6-4-10)19-14-11(7-16)8-18-20(14)15(12)21/h3,8-9,17-18H,4-6H2,1-2H3. The Balaban J connectivity index is 2.35. The molecule has 3 heterocycles. The topological polar surface area (TPSA) is 86.0 Å². The van der Waals surface area contributed by atoms with E-state index in [4.69, 9.17) is 5.26 Å². The molecule has 3 rings (SSSR count). The molecule has 0 atom stereocenters. The van der Waals surface area contributed by atoms with E-state index in [9.17, 15) is 4.79 Å². The fourth-order valence-corrected chi connectivity index (χ4v) is 2.71. The minimum atomic E-state index is -0.120. The van der Waals surface area contributed by atoms with Crippen molar-refractivity contribution in [3.05, 3.63) is 39.4 Å². The molecule has 0 saturated heterocycles. The van der Waals surface area contributed by atoms with Crippen molar-refractivity contribution in [3.63, 3.8) is 0 Å². The molecule has 0 amide bonds. The van der Waals surface area contributed by atoms with E-state index in [1.54, 1.807) is 0 Å². The molecular weight excluding hydrogens is 266 g/mol. The van der Waals surface area contributed by atoms with Crippen LogP contribution in [-0.2, 0) is 0 Å². The van der Waals surface area contributed by atoms with E-state index in [1.165, 1.54) is 10.7 Å². The van der Waals surface area contributed by atoms with Gasteiger partial charge in [-0.3, -0.25) is 9.89 Å². The second-order valence-electron chi connectivity index (χ2n) is 5.48. The van der Waals surface area contributed by atoms with Gasteiger partial charge in [-0.05, 0) is 24.5 Å². The van der Waals surface area contributed by atoms with Crippen molar-refractivity contribution in [2.75, 3.05) is 13.1 Å². The summed E-state index contributed by atoms with van der Waals surface area (Å²) in [5.74, 6) is 0.0709. The van der Waals surface area contributed by atoms with Crippen molar-refractivity contribution >= 4 is 11.2 Å². The summed E-state index contributed by atoms with van der Waals surface area (Å²) in [6, 6.07) is 2.07.